The van der Waals surface area contributed by atoms with Gasteiger partial charge in [-0.2, -0.15) is 0 Å². The van der Waals surface area contributed by atoms with Gasteiger partial charge >= 0.3 is 0 Å². The highest BCUT2D eigenvalue weighted by Crippen LogP contribution is 2.30. The summed E-state index contributed by atoms with van der Waals surface area (Å²) in [5, 5.41) is 15.8. The summed E-state index contributed by atoms with van der Waals surface area (Å²) in [5.41, 5.74) is 3.14. The number of halogens is 2. The van der Waals surface area contributed by atoms with Gasteiger partial charge in [-0.15, -0.1) is 0 Å². The Morgan fingerprint density at radius 2 is 1.74 bits per heavy atom. The number of nitro benzene ring substituents is 1. The third-order valence-corrected chi connectivity index (χ3v) is 6.39. The second-order valence-corrected chi connectivity index (χ2v) is 8.95. The number of nitrogens with zero attached hydrogens (tertiary/aromatic N) is 3. The molecule has 0 spiro atoms. The van der Waals surface area contributed by atoms with Crippen LogP contribution < -0.4 is 10.2 Å². The number of benzene rings is 3. The van der Waals surface area contributed by atoms with Gasteiger partial charge in [0.15, 0.2) is 0 Å². The summed E-state index contributed by atoms with van der Waals surface area (Å²) >= 11 is 12.1. The molecule has 1 N–H and O–H groups in total. The number of anilines is 2. The molecule has 4 rings (SSSR count). The van der Waals surface area contributed by atoms with Crippen LogP contribution in [0.5, 0.6) is 0 Å². The molecule has 1 aliphatic rings. The van der Waals surface area contributed by atoms with Crippen LogP contribution in [0.3, 0.4) is 0 Å². The molecule has 0 aromatic heterocycles. The van der Waals surface area contributed by atoms with Crippen molar-refractivity contribution in [1.29, 1.82) is 0 Å². The number of carbonyl (C=O) groups is 1. The monoisotopic (exact) mass is 510 g/mol. The lowest BCUT2D eigenvalue weighted by Gasteiger charge is -2.35. The van der Waals surface area contributed by atoms with Crippen LogP contribution in [0.25, 0.3) is 6.08 Å². The lowest BCUT2D eigenvalue weighted by atomic mass is 10.1. The quantitative estimate of drug-likeness (QED) is 0.244. The Balaban J connectivity index is 1.39. The lowest BCUT2D eigenvalue weighted by molar-refractivity contribution is -0.384. The number of hydrogen-bond acceptors (Lipinski definition) is 5. The average molecular weight is 511 g/mol. The highest BCUT2D eigenvalue weighted by atomic mass is 35.5. The molecule has 7 nitrogen and oxygen atoms in total. The van der Waals surface area contributed by atoms with Gasteiger partial charge in [0.25, 0.3) is 5.69 Å². The molecule has 3 aromatic carbocycles. The van der Waals surface area contributed by atoms with Gasteiger partial charge in [0, 0.05) is 60.6 Å². The largest absolute Gasteiger partial charge is 0.375 e. The smallest absolute Gasteiger partial charge is 0.292 e. The highest BCUT2D eigenvalue weighted by Gasteiger charge is 2.22. The normalized spacial score (nSPS) is 13.8. The van der Waals surface area contributed by atoms with Crippen molar-refractivity contribution in [2.24, 2.45) is 0 Å². The van der Waals surface area contributed by atoms with E-state index in [0.717, 1.165) is 16.8 Å². The molecular formula is C26H24Cl2N4O3. The molecule has 1 amide bonds. The van der Waals surface area contributed by atoms with Crippen molar-refractivity contribution in [1.82, 2.24) is 4.90 Å². The molecule has 0 atom stereocenters. The first-order valence-corrected chi connectivity index (χ1v) is 11.9. The number of carbonyl (C=O) groups excluding carboxylic acids is 1. The van der Waals surface area contributed by atoms with Crippen molar-refractivity contribution in [3.63, 3.8) is 0 Å². The minimum atomic E-state index is -0.382. The third-order valence-electron chi connectivity index (χ3n) is 5.83. The van der Waals surface area contributed by atoms with E-state index in [-0.39, 0.29) is 16.5 Å². The average Bonchev–Trinajstić information content (AvgIpc) is 2.87. The Labute approximate surface area is 213 Å². The maximum Gasteiger partial charge on any atom is 0.292 e. The van der Waals surface area contributed by atoms with Crippen LogP contribution in [0.1, 0.15) is 11.1 Å². The highest BCUT2D eigenvalue weighted by molar-refractivity contribution is 6.35. The topological polar surface area (TPSA) is 78.7 Å². The molecule has 0 radical (unpaired) electrons. The lowest BCUT2D eigenvalue weighted by Crippen LogP contribution is -2.48. The second kappa shape index (κ2) is 11.3. The summed E-state index contributed by atoms with van der Waals surface area (Å²) in [6.45, 7) is 2.81. The van der Waals surface area contributed by atoms with E-state index in [1.165, 1.54) is 12.1 Å². The summed E-state index contributed by atoms with van der Waals surface area (Å²) in [4.78, 5) is 27.7. The van der Waals surface area contributed by atoms with E-state index < -0.39 is 0 Å². The molecular weight excluding hydrogens is 487 g/mol. The van der Waals surface area contributed by atoms with Crippen LogP contribution in [-0.2, 0) is 11.3 Å². The number of nitro groups is 1. The molecule has 1 aliphatic heterocycles. The Bertz CT molecular complexity index is 1240. The fraction of sp³-hybridized carbons (Fsp3) is 0.192. The predicted molar refractivity (Wildman–Crippen MR) is 141 cm³/mol. The van der Waals surface area contributed by atoms with E-state index in [2.05, 4.69) is 10.2 Å². The number of nitrogens with one attached hydrogen (secondary N) is 1. The van der Waals surface area contributed by atoms with Gasteiger partial charge in [-0.25, -0.2) is 0 Å². The molecule has 1 fully saturated rings. The van der Waals surface area contributed by atoms with Crippen molar-refractivity contribution >= 4 is 52.2 Å². The van der Waals surface area contributed by atoms with E-state index in [0.29, 0.717) is 48.5 Å². The van der Waals surface area contributed by atoms with Crippen molar-refractivity contribution in [3.05, 3.63) is 104 Å². The summed E-state index contributed by atoms with van der Waals surface area (Å²) in [6.07, 6.45) is 3.21. The van der Waals surface area contributed by atoms with Gasteiger partial charge in [-0.3, -0.25) is 14.9 Å². The summed E-state index contributed by atoms with van der Waals surface area (Å²) < 4.78 is 0. The molecule has 0 unspecified atom stereocenters. The Hall–Kier alpha value is -3.55. The van der Waals surface area contributed by atoms with Gasteiger partial charge in [0.1, 0.15) is 5.69 Å². The van der Waals surface area contributed by atoms with Crippen LogP contribution in [-0.4, -0.2) is 41.9 Å². The zero-order valence-corrected chi connectivity index (χ0v) is 20.4. The summed E-state index contributed by atoms with van der Waals surface area (Å²) in [7, 11) is 0. The first-order valence-electron chi connectivity index (χ1n) is 11.1. The Morgan fingerprint density at radius 1 is 1.00 bits per heavy atom. The molecule has 1 saturated heterocycles. The second-order valence-electron chi connectivity index (χ2n) is 8.11. The fourth-order valence-corrected chi connectivity index (χ4v) is 4.37. The minimum Gasteiger partial charge on any atom is -0.375 e. The van der Waals surface area contributed by atoms with Crippen molar-refractivity contribution < 1.29 is 9.72 Å². The van der Waals surface area contributed by atoms with Crippen molar-refractivity contribution in [2.75, 3.05) is 36.4 Å². The van der Waals surface area contributed by atoms with E-state index in [1.807, 2.05) is 30.3 Å². The molecule has 9 heteroatoms. The van der Waals surface area contributed by atoms with Gasteiger partial charge in [0.2, 0.25) is 5.91 Å². The molecule has 1 heterocycles. The van der Waals surface area contributed by atoms with E-state index >= 15 is 0 Å². The molecule has 35 heavy (non-hydrogen) atoms. The van der Waals surface area contributed by atoms with Gasteiger partial charge < -0.3 is 15.1 Å². The van der Waals surface area contributed by atoms with E-state index in [4.69, 9.17) is 23.2 Å². The van der Waals surface area contributed by atoms with Crippen LogP contribution in [0.4, 0.5) is 17.1 Å². The molecule has 180 valence electrons. The molecule has 0 aliphatic carbocycles. The van der Waals surface area contributed by atoms with Crippen LogP contribution >= 0.6 is 23.2 Å². The van der Waals surface area contributed by atoms with E-state index in [9.17, 15) is 14.9 Å². The Kier molecular flexibility index (Phi) is 7.90. The van der Waals surface area contributed by atoms with Crippen LogP contribution in [0.2, 0.25) is 10.0 Å². The van der Waals surface area contributed by atoms with Crippen molar-refractivity contribution in [2.45, 2.75) is 6.54 Å². The van der Waals surface area contributed by atoms with E-state index in [1.54, 1.807) is 41.3 Å². The zero-order chi connectivity index (χ0) is 24.8. The van der Waals surface area contributed by atoms with Gasteiger partial charge in [0.05, 0.1) is 4.92 Å². The standard InChI is InChI=1S/C26H24Cl2N4O3/c27-21-8-6-20(23(28)16-21)7-11-26(33)31-14-12-30(13-15-31)22-9-10-25(32(34)35)24(17-22)29-18-19-4-2-1-3-5-19/h1-11,16-17,29H,12-15,18H2/b11-7+. The molecule has 0 saturated carbocycles. The Morgan fingerprint density at radius 3 is 2.43 bits per heavy atom. The maximum atomic E-state index is 12.7. The third kappa shape index (κ3) is 6.32. The first-order chi connectivity index (χ1) is 16.9. The fourth-order valence-electron chi connectivity index (χ4n) is 3.90. The number of rotatable bonds is 7. The van der Waals surface area contributed by atoms with Crippen LogP contribution in [0.15, 0.2) is 72.8 Å². The summed E-state index contributed by atoms with van der Waals surface area (Å²) in [5.74, 6) is -0.0930. The minimum absolute atomic E-state index is 0.0319. The molecule has 0 bridgehead atoms. The van der Waals surface area contributed by atoms with Gasteiger partial charge in [-0.05, 0) is 41.5 Å². The van der Waals surface area contributed by atoms with Crippen molar-refractivity contribution in [3.8, 4) is 0 Å². The zero-order valence-electron chi connectivity index (χ0n) is 18.9. The predicted octanol–water partition coefficient (Wildman–Crippen LogP) is 5.88. The summed E-state index contributed by atoms with van der Waals surface area (Å²) in [6, 6.07) is 19.9. The number of piperazine rings is 1. The number of amides is 1. The number of hydrogen-bond donors (Lipinski definition) is 1. The van der Waals surface area contributed by atoms with Crippen LogP contribution in [0, 0.1) is 10.1 Å². The van der Waals surface area contributed by atoms with Gasteiger partial charge in [-0.1, -0.05) is 59.6 Å². The maximum absolute atomic E-state index is 12.7. The first kappa shape index (κ1) is 24.6. The molecule has 3 aromatic rings. The SMILES string of the molecule is O=C(/C=C/c1ccc(Cl)cc1Cl)N1CCN(c2ccc([N+](=O)[O-])c(NCc3ccccc3)c2)CC1.